The normalized spacial score (nSPS) is 16.2. The van der Waals surface area contributed by atoms with Crippen LogP contribution in [0.15, 0.2) is 42.5 Å². The molecule has 1 N–H and O–H groups in total. The number of aryl methyl sites for hydroxylation is 1. The first-order valence-electron chi connectivity index (χ1n) is 7.05. The first-order valence-corrected chi connectivity index (χ1v) is 7.05. The van der Waals surface area contributed by atoms with Crippen LogP contribution in [-0.4, -0.2) is 18.6 Å². The highest BCUT2D eigenvalue weighted by atomic mass is 19.1. The molecule has 0 aromatic heterocycles. The summed E-state index contributed by atoms with van der Waals surface area (Å²) in [6, 6.07) is 11.7. The van der Waals surface area contributed by atoms with Crippen molar-refractivity contribution in [2.24, 2.45) is 0 Å². The molecule has 1 aliphatic heterocycles. The molecule has 0 unspecified atom stereocenters. The number of hydrogen-bond acceptors (Lipinski definition) is 3. The third kappa shape index (κ3) is 3.03. The zero-order valence-electron chi connectivity index (χ0n) is 12.1. The largest absolute Gasteiger partial charge is 0.485 e. The van der Waals surface area contributed by atoms with Gasteiger partial charge in [-0.25, -0.2) is 4.39 Å². The molecule has 5 heteroatoms. The van der Waals surface area contributed by atoms with Gasteiger partial charge < -0.3 is 14.8 Å². The van der Waals surface area contributed by atoms with E-state index in [1.165, 1.54) is 12.1 Å². The van der Waals surface area contributed by atoms with Crippen molar-refractivity contribution >= 4 is 5.91 Å². The molecule has 4 nitrogen and oxygen atoms in total. The van der Waals surface area contributed by atoms with E-state index in [0.29, 0.717) is 11.5 Å². The third-order valence-corrected chi connectivity index (χ3v) is 3.57. The Morgan fingerprint density at radius 3 is 2.86 bits per heavy atom. The topological polar surface area (TPSA) is 47.6 Å². The van der Waals surface area contributed by atoms with Crippen molar-refractivity contribution in [1.29, 1.82) is 0 Å². The number of ether oxygens (including phenoxy) is 2. The number of halogens is 1. The minimum Gasteiger partial charge on any atom is -0.485 e. The quantitative estimate of drug-likeness (QED) is 0.948. The Balaban J connectivity index is 1.62. The van der Waals surface area contributed by atoms with Crippen LogP contribution in [0.2, 0.25) is 0 Å². The van der Waals surface area contributed by atoms with Gasteiger partial charge in [-0.1, -0.05) is 18.2 Å². The minimum atomic E-state index is -0.705. The lowest BCUT2D eigenvalue weighted by atomic mass is 10.1. The number of nitrogens with one attached hydrogen (secondary N) is 1. The maximum absolute atomic E-state index is 13.2. The van der Waals surface area contributed by atoms with Crippen LogP contribution in [0.4, 0.5) is 4.39 Å². The zero-order valence-corrected chi connectivity index (χ0v) is 12.1. The second-order valence-corrected chi connectivity index (χ2v) is 5.15. The summed E-state index contributed by atoms with van der Waals surface area (Å²) in [5, 5.41) is 2.76. The van der Waals surface area contributed by atoms with E-state index in [1.807, 2.05) is 19.1 Å². The fourth-order valence-electron chi connectivity index (χ4n) is 2.28. The fourth-order valence-corrected chi connectivity index (χ4v) is 2.28. The van der Waals surface area contributed by atoms with Gasteiger partial charge in [0.15, 0.2) is 11.5 Å². The molecule has 0 aliphatic carbocycles. The number of hydrogen-bond donors (Lipinski definition) is 1. The minimum absolute atomic E-state index is 0.158. The van der Waals surface area contributed by atoms with Crippen LogP contribution >= 0.6 is 0 Å². The van der Waals surface area contributed by atoms with Crippen LogP contribution in [-0.2, 0) is 11.3 Å². The summed E-state index contributed by atoms with van der Waals surface area (Å²) >= 11 is 0. The molecule has 1 atom stereocenters. The van der Waals surface area contributed by atoms with Crippen molar-refractivity contribution in [2.75, 3.05) is 6.61 Å². The lowest BCUT2D eigenvalue weighted by Gasteiger charge is -2.25. The lowest BCUT2D eigenvalue weighted by molar-refractivity contribution is -0.130. The van der Waals surface area contributed by atoms with Gasteiger partial charge >= 0.3 is 0 Å². The van der Waals surface area contributed by atoms with Crippen molar-refractivity contribution in [3.8, 4) is 11.5 Å². The summed E-state index contributed by atoms with van der Waals surface area (Å²) in [5.41, 5.74) is 1.67. The first kappa shape index (κ1) is 14.4. The van der Waals surface area contributed by atoms with Gasteiger partial charge in [0.25, 0.3) is 5.91 Å². The van der Waals surface area contributed by atoms with Gasteiger partial charge in [0.1, 0.15) is 12.4 Å². The van der Waals surface area contributed by atoms with Crippen LogP contribution in [0.1, 0.15) is 11.1 Å². The summed E-state index contributed by atoms with van der Waals surface area (Å²) < 4.78 is 24.4. The predicted octanol–water partition coefficient (Wildman–Crippen LogP) is 2.59. The third-order valence-electron chi connectivity index (χ3n) is 3.57. The SMILES string of the molecule is Cc1ccc(F)cc1CNC(=O)[C@H]1COc2ccccc2O1. The highest BCUT2D eigenvalue weighted by Gasteiger charge is 2.27. The lowest BCUT2D eigenvalue weighted by Crippen LogP contribution is -2.43. The van der Waals surface area contributed by atoms with Crippen LogP contribution in [0, 0.1) is 12.7 Å². The Morgan fingerprint density at radius 2 is 2.05 bits per heavy atom. The van der Waals surface area contributed by atoms with Crippen LogP contribution in [0.5, 0.6) is 11.5 Å². The molecular formula is C17H16FNO3. The molecule has 1 aliphatic rings. The molecule has 2 aromatic carbocycles. The number of benzene rings is 2. The summed E-state index contributed by atoms with van der Waals surface area (Å²) in [7, 11) is 0. The van der Waals surface area contributed by atoms with Gasteiger partial charge in [-0.15, -0.1) is 0 Å². The Bertz CT molecular complexity index is 702. The summed E-state index contributed by atoms with van der Waals surface area (Å²) in [6.45, 7) is 2.28. The van der Waals surface area contributed by atoms with E-state index in [9.17, 15) is 9.18 Å². The first-order chi connectivity index (χ1) is 10.6. The van der Waals surface area contributed by atoms with Gasteiger partial charge in [0, 0.05) is 6.54 Å². The van der Waals surface area contributed by atoms with Gasteiger partial charge in [0.2, 0.25) is 6.10 Å². The molecular weight excluding hydrogens is 285 g/mol. The highest BCUT2D eigenvalue weighted by Crippen LogP contribution is 2.30. The van der Waals surface area contributed by atoms with E-state index in [4.69, 9.17) is 9.47 Å². The number of fused-ring (bicyclic) bond motifs is 1. The maximum atomic E-state index is 13.2. The molecule has 0 fully saturated rings. The Hall–Kier alpha value is -2.56. The average molecular weight is 301 g/mol. The number of carbonyl (C=O) groups excluding carboxylic acids is 1. The molecule has 2 aromatic rings. The Labute approximate surface area is 127 Å². The van der Waals surface area contributed by atoms with Crippen LogP contribution < -0.4 is 14.8 Å². The van der Waals surface area contributed by atoms with E-state index >= 15 is 0 Å². The van der Waals surface area contributed by atoms with Crippen molar-refractivity contribution in [1.82, 2.24) is 5.32 Å². The number of para-hydroxylation sites is 2. The summed E-state index contributed by atoms with van der Waals surface area (Å²) in [6.07, 6.45) is -0.705. The number of rotatable bonds is 3. The molecule has 1 amide bonds. The van der Waals surface area contributed by atoms with E-state index < -0.39 is 6.10 Å². The molecule has 0 saturated carbocycles. The average Bonchev–Trinajstić information content (AvgIpc) is 2.55. The Morgan fingerprint density at radius 1 is 1.27 bits per heavy atom. The number of amides is 1. The predicted molar refractivity (Wildman–Crippen MR) is 79.3 cm³/mol. The molecule has 22 heavy (non-hydrogen) atoms. The number of carbonyl (C=O) groups is 1. The molecule has 114 valence electrons. The van der Waals surface area contributed by atoms with Gasteiger partial charge in [-0.2, -0.15) is 0 Å². The second-order valence-electron chi connectivity index (χ2n) is 5.15. The smallest absolute Gasteiger partial charge is 0.264 e. The standard InChI is InChI=1S/C17H16FNO3/c1-11-6-7-13(18)8-12(11)9-19-17(20)16-10-21-14-4-2-3-5-15(14)22-16/h2-8,16H,9-10H2,1H3,(H,19,20)/t16-/m1/s1. The van der Waals surface area contributed by atoms with E-state index in [0.717, 1.165) is 11.1 Å². The monoisotopic (exact) mass is 301 g/mol. The molecule has 3 rings (SSSR count). The molecule has 1 heterocycles. The maximum Gasteiger partial charge on any atom is 0.264 e. The van der Waals surface area contributed by atoms with E-state index in [1.54, 1.807) is 18.2 Å². The van der Waals surface area contributed by atoms with Crippen LogP contribution in [0.3, 0.4) is 0 Å². The van der Waals surface area contributed by atoms with Crippen molar-refractivity contribution < 1.29 is 18.7 Å². The van der Waals surface area contributed by atoms with Crippen molar-refractivity contribution in [2.45, 2.75) is 19.6 Å². The van der Waals surface area contributed by atoms with E-state index in [2.05, 4.69) is 5.32 Å². The zero-order chi connectivity index (χ0) is 15.5. The van der Waals surface area contributed by atoms with Gasteiger partial charge in [-0.3, -0.25) is 4.79 Å². The van der Waals surface area contributed by atoms with Gasteiger partial charge in [0.05, 0.1) is 0 Å². The Kier molecular flexibility index (Phi) is 3.96. The molecule has 0 bridgehead atoms. The second kappa shape index (κ2) is 6.05. The van der Waals surface area contributed by atoms with Crippen molar-refractivity contribution in [3.05, 3.63) is 59.4 Å². The summed E-state index contributed by atoms with van der Waals surface area (Å²) in [4.78, 5) is 12.2. The highest BCUT2D eigenvalue weighted by molar-refractivity contribution is 5.81. The fraction of sp³-hybridized carbons (Fsp3) is 0.235. The van der Waals surface area contributed by atoms with Crippen molar-refractivity contribution in [3.63, 3.8) is 0 Å². The van der Waals surface area contributed by atoms with Crippen LogP contribution in [0.25, 0.3) is 0 Å². The molecule has 0 radical (unpaired) electrons. The molecule has 0 spiro atoms. The van der Waals surface area contributed by atoms with E-state index in [-0.39, 0.29) is 24.9 Å². The molecule has 0 saturated heterocycles. The summed E-state index contributed by atoms with van der Waals surface area (Å²) in [5.74, 6) is 0.586. The van der Waals surface area contributed by atoms with Gasteiger partial charge in [-0.05, 0) is 42.3 Å².